The van der Waals surface area contributed by atoms with Crippen molar-refractivity contribution >= 4 is 35.2 Å². The third kappa shape index (κ3) is 3.45. The van der Waals surface area contributed by atoms with Crippen molar-refractivity contribution in [2.24, 2.45) is 12.1 Å². The van der Waals surface area contributed by atoms with Gasteiger partial charge < -0.3 is 0 Å². The van der Waals surface area contributed by atoms with Crippen LogP contribution in [0.3, 0.4) is 0 Å². The van der Waals surface area contributed by atoms with Crippen molar-refractivity contribution in [1.82, 2.24) is 14.3 Å². The van der Waals surface area contributed by atoms with E-state index in [1.165, 1.54) is 6.20 Å². The summed E-state index contributed by atoms with van der Waals surface area (Å²) in [5.74, 6) is 0.382. The minimum atomic E-state index is -0.0993. The van der Waals surface area contributed by atoms with Crippen LogP contribution in [0.2, 0.25) is 10.0 Å². The van der Waals surface area contributed by atoms with Crippen LogP contribution in [0.15, 0.2) is 52.5 Å². The molecule has 6 nitrogen and oxygen atoms in total. The number of anilines is 1. The lowest BCUT2D eigenvalue weighted by Gasteiger charge is -2.08. The van der Waals surface area contributed by atoms with Crippen molar-refractivity contribution in [3.63, 3.8) is 0 Å². The number of pyridine rings is 1. The van der Waals surface area contributed by atoms with Gasteiger partial charge in [0.2, 0.25) is 0 Å². The summed E-state index contributed by atoms with van der Waals surface area (Å²) in [6.07, 6.45) is 3.03. The Balaban J connectivity index is 1.92. The van der Waals surface area contributed by atoms with Gasteiger partial charge in [-0.1, -0.05) is 41.4 Å². The molecule has 0 saturated carbocycles. The molecule has 8 heteroatoms. The summed E-state index contributed by atoms with van der Waals surface area (Å²) < 4.78 is 3.33. The molecule has 0 aliphatic carbocycles. The first-order valence-electron chi connectivity index (χ1n) is 7.43. The fourth-order valence-corrected chi connectivity index (χ4v) is 2.87. The molecule has 128 valence electrons. The molecule has 3 rings (SSSR count). The summed E-state index contributed by atoms with van der Waals surface area (Å²) in [5.41, 5.74) is 4.70. The van der Waals surface area contributed by atoms with E-state index in [4.69, 9.17) is 23.2 Å². The molecule has 0 aliphatic heterocycles. The first-order chi connectivity index (χ1) is 12.0. The maximum Gasteiger partial charge on any atom is 0.274 e. The molecule has 0 bridgehead atoms. The van der Waals surface area contributed by atoms with E-state index >= 15 is 0 Å². The number of hydrazone groups is 1. The van der Waals surface area contributed by atoms with Gasteiger partial charge >= 0.3 is 0 Å². The molecule has 0 amide bonds. The Morgan fingerprint density at radius 3 is 2.64 bits per heavy atom. The quantitative estimate of drug-likeness (QED) is 0.559. The van der Waals surface area contributed by atoms with Crippen molar-refractivity contribution in [3.05, 3.63) is 74.3 Å². The van der Waals surface area contributed by atoms with Gasteiger partial charge in [-0.15, -0.1) is 0 Å². The van der Waals surface area contributed by atoms with E-state index in [1.54, 1.807) is 35.6 Å². The summed E-state index contributed by atoms with van der Waals surface area (Å²) in [6.45, 7) is 1.76. The second-order valence-electron chi connectivity index (χ2n) is 5.34. The second kappa shape index (κ2) is 7.13. The number of nitrogens with one attached hydrogen (secondary N) is 1. The van der Waals surface area contributed by atoms with Gasteiger partial charge in [0, 0.05) is 18.8 Å². The normalized spacial score (nSPS) is 11.2. The lowest BCUT2D eigenvalue weighted by Crippen LogP contribution is -2.20. The minimum Gasteiger partial charge on any atom is -0.279 e. The van der Waals surface area contributed by atoms with Gasteiger partial charge in [-0.05, 0) is 25.1 Å². The zero-order valence-electron chi connectivity index (χ0n) is 13.6. The third-order valence-corrected chi connectivity index (χ3v) is 4.21. The van der Waals surface area contributed by atoms with E-state index in [0.717, 1.165) is 5.69 Å². The SMILES string of the molecule is Cc1c(/C=N\Nc2ncc(Cl)cc2Cl)n(C)n(-c2ccccc2)c1=O. The van der Waals surface area contributed by atoms with Crippen LogP contribution in [0.5, 0.6) is 0 Å². The van der Waals surface area contributed by atoms with E-state index in [9.17, 15) is 4.79 Å². The Bertz CT molecular complexity index is 992. The number of rotatable bonds is 4. The van der Waals surface area contributed by atoms with Gasteiger partial charge in [0.1, 0.15) is 0 Å². The molecule has 0 aliphatic rings. The fraction of sp³-hybridized carbons (Fsp3) is 0.118. The zero-order valence-corrected chi connectivity index (χ0v) is 15.1. The molecule has 0 fully saturated rings. The molecule has 1 N–H and O–H groups in total. The standard InChI is InChI=1S/C17H15Cl2N5O/c1-11-15(10-21-22-16-14(19)8-12(18)9-20-16)23(2)24(17(11)25)13-6-4-3-5-7-13/h3-10H,1-2H3,(H,20,22)/b21-10-. The van der Waals surface area contributed by atoms with Gasteiger partial charge in [0.05, 0.1) is 27.6 Å². The van der Waals surface area contributed by atoms with Crippen LogP contribution < -0.4 is 11.0 Å². The molecule has 2 heterocycles. The molecule has 0 unspecified atom stereocenters. The summed E-state index contributed by atoms with van der Waals surface area (Å²) >= 11 is 11.9. The molecule has 1 aromatic carbocycles. The first kappa shape index (κ1) is 17.3. The molecule has 0 spiro atoms. The highest BCUT2D eigenvalue weighted by molar-refractivity contribution is 6.35. The molecule has 0 radical (unpaired) electrons. The monoisotopic (exact) mass is 375 g/mol. The number of aromatic nitrogens is 3. The summed E-state index contributed by atoms with van der Waals surface area (Å²) in [7, 11) is 1.80. The van der Waals surface area contributed by atoms with Crippen LogP contribution >= 0.6 is 23.2 Å². The van der Waals surface area contributed by atoms with Crippen molar-refractivity contribution in [3.8, 4) is 5.69 Å². The van der Waals surface area contributed by atoms with E-state index in [1.807, 2.05) is 30.3 Å². The third-order valence-electron chi connectivity index (χ3n) is 3.71. The van der Waals surface area contributed by atoms with Gasteiger partial charge in [0.15, 0.2) is 5.82 Å². The van der Waals surface area contributed by atoms with Crippen molar-refractivity contribution in [1.29, 1.82) is 0 Å². The summed E-state index contributed by atoms with van der Waals surface area (Å²) in [4.78, 5) is 16.6. The second-order valence-corrected chi connectivity index (χ2v) is 6.18. The summed E-state index contributed by atoms with van der Waals surface area (Å²) in [6, 6.07) is 11.0. The smallest absolute Gasteiger partial charge is 0.274 e. The van der Waals surface area contributed by atoms with Crippen molar-refractivity contribution < 1.29 is 0 Å². The zero-order chi connectivity index (χ0) is 18.0. The fourth-order valence-electron chi connectivity index (χ4n) is 2.45. The van der Waals surface area contributed by atoms with E-state index in [0.29, 0.717) is 27.1 Å². The average molecular weight is 376 g/mol. The van der Waals surface area contributed by atoms with E-state index in [2.05, 4.69) is 15.5 Å². The van der Waals surface area contributed by atoms with Gasteiger partial charge in [-0.25, -0.2) is 9.67 Å². The lowest BCUT2D eigenvalue weighted by molar-refractivity contribution is 0.643. The number of para-hydroxylation sites is 1. The Hall–Kier alpha value is -2.57. The van der Waals surface area contributed by atoms with Crippen LogP contribution in [-0.4, -0.2) is 20.6 Å². The van der Waals surface area contributed by atoms with Crippen LogP contribution in [0.4, 0.5) is 5.82 Å². The van der Waals surface area contributed by atoms with E-state index in [-0.39, 0.29) is 5.56 Å². The molecular weight excluding hydrogens is 361 g/mol. The molecule has 3 aromatic rings. The molecule has 25 heavy (non-hydrogen) atoms. The Labute approximate surface area is 154 Å². The van der Waals surface area contributed by atoms with Crippen LogP contribution in [-0.2, 0) is 7.05 Å². The lowest BCUT2D eigenvalue weighted by atomic mass is 10.3. The summed E-state index contributed by atoms with van der Waals surface area (Å²) in [5, 5.41) is 4.93. The van der Waals surface area contributed by atoms with Crippen LogP contribution in [0.25, 0.3) is 5.69 Å². The maximum atomic E-state index is 12.5. The Morgan fingerprint density at radius 1 is 1.24 bits per heavy atom. The van der Waals surface area contributed by atoms with Crippen LogP contribution in [0.1, 0.15) is 11.3 Å². The predicted molar refractivity (Wildman–Crippen MR) is 101 cm³/mol. The highest BCUT2D eigenvalue weighted by Crippen LogP contribution is 2.22. The van der Waals surface area contributed by atoms with Gasteiger partial charge in [-0.3, -0.25) is 14.9 Å². The topological polar surface area (TPSA) is 64.2 Å². The number of nitrogens with zero attached hydrogens (tertiary/aromatic N) is 4. The van der Waals surface area contributed by atoms with Gasteiger partial charge in [-0.2, -0.15) is 5.10 Å². The average Bonchev–Trinajstić information content (AvgIpc) is 2.81. The molecular formula is C17H15Cl2N5O. The molecule has 0 saturated heterocycles. The number of benzene rings is 1. The number of halogens is 2. The Kier molecular flexibility index (Phi) is 4.92. The van der Waals surface area contributed by atoms with Gasteiger partial charge in [0.25, 0.3) is 5.56 Å². The highest BCUT2D eigenvalue weighted by Gasteiger charge is 2.14. The predicted octanol–water partition coefficient (Wildman–Crippen LogP) is 3.63. The largest absolute Gasteiger partial charge is 0.279 e. The van der Waals surface area contributed by atoms with Crippen molar-refractivity contribution in [2.75, 3.05) is 5.43 Å². The van der Waals surface area contributed by atoms with E-state index < -0.39 is 0 Å². The maximum absolute atomic E-state index is 12.5. The number of hydrogen-bond acceptors (Lipinski definition) is 4. The highest BCUT2D eigenvalue weighted by atomic mass is 35.5. The number of hydrogen-bond donors (Lipinski definition) is 1. The minimum absolute atomic E-state index is 0.0993. The first-order valence-corrected chi connectivity index (χ1v) is 8.19. The molecule has 2 aromatic heterocycles. The van der Waals surface area contributed by atoms with Crippen LogP contribution in [0, 0.1) is 6.92 Å². The van der Waals surface area contributed by atoms with Crippen molar-refractivity contribution in [2.45, 2.75) is 6.92 Å². The Morgan fingerprint density at radius 2 is 1.96 bits per heavy atom. The molecule has 0 atom stereocenters.